The molecule has 2 aromatic heterocycles. The lowest BCUT2D eigenvalue weighted by Gasteiger charge is -2.28. The Morgan fingerprint density at radius 1 is 0.444 bits per heavy atom. The van der Waals surface area contributed by atoms with Gasteiger partial charge < -0.3 is 9.13 Å². The van der Waals surface area contributed by atoms with Gasteiger partial charge in [-0.3, -0.25) is 0 Å². The SMILES string of the molecule is Cc1ccc2c(c1)c1cc(C)ccc1n2-c1c(C)c(-c2ccccc2-c2ccccc2)c(C#N)c(-n2c3ccc(C)cc3c3cc(C)ccc32)c1-c1ccccc1C1=CCCC=C1. The molecule has 0 bridgehead atoms. The minimum atomic E-state index is 0.644. The van der Waals surface area contributed by atoms with E-state index in [0.717, 1.165) is 90.8 Å². The quantitative estimate of drug-likeness (QED) is 0.165. The van der Waals surface area contributed by atoms with Gasteiger partial charge in [0.15, 0.2) is 0 Å². The molecule has 10 aromatic rings. The highest BCUT2D eigenvalue weighted by Gasteiger charge is 2.32. The fourth-order valence-corrected chi connectivity index (χ4v) is 10.4. The highest BCUT2D eigenvalue weighted by molar-refractivity contribution is 6.14. The molecule has 0 aliphatic heterocycles. The lowest BCUT2D eigenvalue weighted by molar-refractivity contribution is 1.04. The average Bonchev–Trinajstić information content (AvgIpc) is 3.79. The number of nitrogens with zero attached hydrogens (tertiary/aromatic N) is 3. The second-order valence-corrected chi connectivity index (χ2v) is 17.4. The molecule has 1 aliphatic rings. The van der Waals surface area contributed by atoms with E-state index in [4.69, 9.17) is 0 Å². The molecule has 0 spiro atoms. The van der Waals surface area contributed by atoms with E-state index in [1.807, 2.05) is 0 Å². The van der Waals surface area contributed by atoms with Crippen molar-refractivity contribution < 1.29 is 0 Å². The van der Waals surface area contributed by atoms with E-state index in [-0.39, 0.29) is 0 Å². The molecule has 11 rings (SSSR count). The highest BCUT2D eigenvalue weighted by Crippen LogP contribution is 2.51. The monoisotopic (exact) mass is 809 g/mol. The van der Waals surface area contributed by atoms with Crippen LogP contribution in [0, 0.1) is 45.9 Å². The first-order valence-corrected chi connectivity index (χ1v) is 22.1. The summed E-state index contributed by atoms with van der Waals surface area (Å²) in [6, 6.07) is 58.3. The minimum absolute atomic E-state index is 0.644. The predicted molar refractivity (Wildman–Crippen MR) is 266 cm³/mol. The molecule has 3 nitrogen and oxygen atoms in total. The maximum atomic E-state index is 12.1. The summed E-state index contributed by atoms with van der Waals surface area (Å²) in [5.74, 6) is 0. The van der Waals surface area contributed by atoms with Crippen molar-refractivity contribution in [2.45, 2.75) is 47.5 Å². The van der Waals surface area contributed by atoms with Gasteiger partial charge in [-0.05, 0) is 135 Å². The second-order valence-electron chi connectivity index (χ2n) is 17.4. The second kappa shape index (κ2) is 15.0. The third kappa shape index (κ3) is 6.09. The number of fused-ring (bicyclic) bond motifs is 6. The van der Waals surface area contributed by atoms with E-state index in [1.54, 1.807) is 0 Å². The summed E-state index contributed by atoms with van der Waals surface area (Å²) in [4.78, 5) is 0. The molecule has 302 valence electrons. The Bertz CT molecular complexity index is 3500. The molecule has 0 amide bonds. The van der Waals surface area contributed by atoms with Crippen LogP contribution in [-0.4, -0.2) is 9.13 Å². The molecule has 0 atom stereocenters. The fourth-order valence-electron chi connectivity index (χ4n) is 10.4. The van der Waals surface area contributed by atoms with Crippen molar-refractivity contribution in [1.82, 2.24) is 9.13 Å². The van der Waals surface area contributed by atoms with Crippen molar-refractivity contribution >= 4 is 49.2 Å². The van der Waals surface area contributed by atoms with Gasteiger partial charge in [0.05, 0.1) is 39.0 Å². The summed E-state index contributed by atoms with van der Waals surface area (Å²) in [7, 11) is 0. The van der Waals surface area contributed by atoms with Gasteiger partial charge in [-0.15, -0.1) is 0 Å². The summed E-state index contributed by atoms with van der Waals surface area (Å²) in [6.07, 6.45) is 8.95. The van der Waals surface area contributed by atoms with Crippen molar-refractivity contribution in [3.05, 3.63) is 209 Å². The van der Waals surface area contributed by atoms with Gasteiger partial charge in [0, 0.05) is 32.7 Å². The van der Waals surface area contributed by atoms with Crippen molar-refractivity contribution in [3.63, 3.8) is 0 Å². The molecule has 0 saturated heterocycles. The molecule has 2 heterocycles. The van der Waals surface area contributed by atoms with Crippen molar-refractivity contribution in [1.29, 1.82) is 5.26 Å². The van der Waals surface area contributed by atoms with Crippen LogP contribution in [0.1, 0.15) is 51.8 Å². The van der Waals surface area contributed by atoms with Crippen LogP contribution in [0.5, 0.6) is 0 Å². The summed E-state index contributed by atoms with van der Waals surface area (Å²) in [5, 5.41) is 16.9. The van der Waals surface area contributed by atoms with Crippen LogP contribution in [0.4, 0.5) is 0 Å². The molecule has 1 aliphatic carbocycles. The number of hydrogen-bond donors (Lipinski definition) is 0. The van der Waals surface area contributed by atoms with Crippen LogP contribution in [0.25, 0.3) is 93.9 Å². The third-order valence-electron chi connectivity index (χ3n) is 13.2. The number of aromatic nitrogens is 2. The molecular formula is C60H47N3. The van der Waals surface area contributed by atoms with Gasteiger partial charge in [0.1, 0.15) is 6.07 Å². The summed E-state index contributed by atoms with van der Waals surface area (Å²) >= 11 is 0. The molecule has 0 radical (unpaired) electrons. The zero-order valence-electron chi connectivity index (χ0n) is 36.4. The fraction of sp³-hybridized carbons (Fsp3) is 0.117. The van der Waals surface area contributed by atoms with E-state index in [9.17, 15) is 5.26 Å². The third-order valence-corrected chi connectivity index (χ3v) is 13.2. The van der Waals surface area contributed by atoms with Crippen LogP contribution in [-0.2, 0) is 0 Å². The molecule has 3 heteroatoms. The van der Waals surface area contributed by atoms with Crippen LogP contribution in [0.2, 0.25) is 0 Å². The number of rotatable bonds is 6. The summed E-state index contributed by atoms with van der Waals surface area (Å²) < 4.78 is 4.93. The van der Waals surface area contributed by atoms with Crippen LogP contribution >= 0.6 is 0 Å². The van der Waals surface area contributed by atoms with Crippen molar-refractivity contribution in [3.8, 4) is 50.8 Å². The first-order valence-electron chi connectivity index (χ1n) is 22.1. The van der Waals surface area contributed by atoms with E-state index in [1.165, 1.54) is 49.4 Å². The van der Waals surface area contributed by atoms with Crippen molar-refractivity contribution in [2.75, 3.05) is 0 Å². The van der Waals surface area contributed by atoms with Gasteiger partial charge in [-0.25, -0.2) is 0 Å². The first kappa shape index (κ1) is 38.3. The summed E-state index contributed by atoms with van der Waals surface area (Å²) in [6.45, 7) is 10.9. The van der Waals surface area contributed by atoms with E-state index < -0.39 is 0 Å². The Hall–Kier alpha value is -7.67. The molecular weight excluding hydrogens is 763 g/mol. The Morgan fingerprint density at radius 2 is 0.889 bits per heavy atom. The maximum Gasteiger partial charge on any atom is 0.102 e. The number of benzene rings is 8. The lowest BCUT2D eigenvalue weighted by atomic mass is 9.82. The molecule has 0 fully saturated rings. The van der Waals surface area contributed by atoms with Gasteiger partial charge in [-0.2, -0.15) is 5.26 Å². The summed E-state index contributed by atoms with van der Waals surface area (Å²) in [5.41, 5.74) is 21.5. The van der Waals surface area contributed by atoms with Gasteiger partial charge in [0.2, 0.25) is 0 Å². The van der Waals surface area contributed by atoms with Gasteiger partial charge >= 0.3 is 0 Å². The van der Waals surface area contributed by atoms with Gasteiger partial charge in [-0.1, -0.05) is 144 Å². The number of nitriles is 1. The van der Waals surface area contributed by atoms with E-state index in [0.29, 0.717) is 5.56 Å². The smallest absolute Gasteiger partial charge is 0.102 e. The van der Waals surface area contributed by atoms with E-state index >= 15 is 0 Å². The number of allylic oxidation sites excluding steroid dienone is 4. The zero-order chi connectivity index (χ0) is 42.9. The Morgan fingerprint density at radius 3 is 1.37 bits per heavy atom. The molecule has 63 heavy (non-hydrogen) atoms. The standard InChI is InChI=1S/C60H47N3/c1-37-24-28-53-48(32-37)49-33-38(2)25-29-54(49)62(53)59-41(5)57(46-22-14-12-20-44(46)42-16-8-6-9-17-42)52(36-61)60(58(59)47-23-15-13-21-45(47)43-18-10-7-11-19-43)63-55-30-26-39(3)34-50(55)51-35-40(4)27-31-56(51)63/h6,8-10,12-35H,7,11H2,1-5H3. The maximum absolute atomic E-state index is 12.1. The zero-order valence-corrected chi connectivity index (χ0v) is 36.4. The van der Waals surface area contributed by atoms with Gasteiger partial charge in [0.25, 0.3) is 0 Å². The van der Waals surface area contributed by atoms with E-state index in [2.05, 4.69) is 220 Å². The lowest BCUT2D eigenvalue weighted by Crippen LogP contribution is -2.11. The highest BCUT2D eigenvalue weighted by atomic mass is 15.0. The van der Waals surface area contributed by atoms with Crippen molar-refractivity contribution in [2.24, 2.45) is 0 Å². The first-order chi connectivity index (χ1) is 30.8. The largest absolute Gasteiger partial charge is 0.308 e. The number of hydrogen-bond acceptors (Lipinski definition) is 1. The predicted octanol–water partition coefficient (Wildman–Crippen LogP) is 16.0. The van der Waals surface area contributed by atoms with Crippen LogP contribution < -0.4 is 0 Å². The average molecular weight is 810 g/mol. The minimum Gasteiger partial charge on any atom is -0.308 e. The molecule has 8 aromatic carbocycles. The number of aryl methyl sites for hydroxylation is 4. The normalized spacial score (nSPS) is 12.7. The topological polar surface area (TPSA) is 33.6 Å². The Kier molecular flexibility index (Phi) is 9.14. The molecule has 0 N–H and O–H groups in total. The van der Waals surface area contributed by atoms with Crippen LogP contribution in [0.3, 0.4) is 0 Å². The molecule has 0 unspecified atom stereocenters. The Labute approximate surface area is 369 Å². The molecule has 0 saturated carbocycles. The van der Waals surface area contributed by atoms with Crippen LogP contribution in [0.15, 0.2) is 170 Å². The Balaban J connectivity index is 1.44.